The number of H-pyrrole nitrogens is 1. The number of hydrogen-bond acceptors (Lipinski definition) is 18. The van der Waals surface area contributed by atoms with Crippen molar-refractivity contribution >= 4 is 71.1 Å². The Morgan fingerprint density at radius 1 is 1.04 bits per heavy atom. The van der Waals surface area contributed by atoms with Crippen LogP contribution in [0.1, 0.15) is 12.5 Å². The highest BCUT2D eigenvalue weighted by molar-refractivity contribution is 8.07. The Kier molecular flexibility index (Phi) is 7.09. The summed E-state index contributed by atoms with van der Waals surface area (Å²) in [5.74, 6) is -0.138. The molecule has 4 aliphatic rings. The predicted molar refractivity (Wildman–Crippen MR) is 156 cm³/mol. The van der Waals surface area contributed by atoms with Gasteiger partial charge in [-0.3, -0.25) is 23.4 Å². The number of nitrogens with zero attached hydrogens (tertiary/aromatic N) is 8. The van der Waals surface area contributed by atoms with E-state index < -0.39 is 80.9 Å². The number of fused-ring (bicyclic) bond motifs is 4. The van der Waals surface area contributed by atoms with Crippen LogP contribution < -0.4 is 17.0 Å². The Morgan fingerprint density at radius 3 is 2.67 bits per heavy atom. The molecule has 2 unspecified atom stereocenters. The summed E-state index contributed by atoms with van der Waals surface area (Å²) in [5.41, 5.74) is 9.62. The van der Waals surface area contributed by atoms with Crippen LogP contribution in [0.15, 0.2) is 17.4 Å². The first-order valence-electron chi connectivity index (χ1n) is 13.3. The van der Waals surface area contributed by atoms with Gasteiger partial charge in [-0.05, 0) is 23.6 Å². The van der Waals surface area contributed by atoms with Gasteiger partial charge in [0.2, 0.25) is 5.95 Å². The van der Waals surface area contributed by atoms with E-state index in [1.165, 1.54) is 17.2 Å². The van der Waals surface area contributed by atoms with E-state index in [9.17, 15) is 14.6 Å². The van der Waals surface area contributed by atoms with Crippen molar-refractivity contribution in [1.29, 1.82) is 0 Å². The van der Waals surface area contributed by atoms with E-state index in [1.807, 2.05) is 0 Å². The van der Waals surface area contributed by atoms with Crippen LogP contribution in [-0.4, -0.2) is 110 Å². The van der Waals surface area contributed by atoms with Gasteiger partial charge in [0, 0.05) is 0 Å². The van der Waals surface area contributed by atoms with Gasteiger partial charge in [0.25, 0.3) is 5.56 Å². The molecule has 0 saturated carbocycles. The van der Waals surface area contributed by atoms with E-state index in [0.717, 1.165) is 4.68 Å². The second kappa shape index (κ2) is 10.7. The topological polar surface area (TPSA) is 277 Å². The molecule has 4 aromatic heterocycles. The number of hydrogen-bond donors (Lipinski definition) is 5. The zero-order valence-corrected chi connectivity index (χ0v) is 26.2. The average Bonchev–Trinajstić information content (AvgIpc) is 3.80. The van der Waals surface area contributed by atoms with Crippen molar-refractivity contribution in [2.24, 2.45) is 0 Å². The number of aromatic amines is 1. The van der Waals surface area contributed by atoms with Gasteiger partial charge in [-0.1, -0.05) is 5.21 Å². The number of halogens is 1. The number of nitrogen functional groups attached to an aromatic ring is 2. The lowest BCUT2D eigenvalue weighted by Crippen LogP contribution is -2.45. The van der Waals surface area contributed by atoms with Crippen LogP contribution in [0.25, 0.3) is 22.3 Å². The monoisotopic (exact) mass is 721 g/mol. The molecule has 0 aliphatic carbocycles. The quantitative estimate of drug-likeness (QED) is 0.150. The SMILES string of the molecule is Nc1nc2c(nnn2[C@@H]2O[C@@H]3COP(O)(=S)O[C@H]4[C@H]5OC[C@]4(COP(O)(=S)O[C@@H]2[C@H]3F)O[C@H]5n2cnc3c(N)ncnc32)c(=O)[nH]1. The molecule has 0 amide bonds. The minimum Gasteiger partial charge on any atom is -0.382 e. The molecule has 4 aliphatic heterocycles. The van der Waals surface area contributed by atoms with Crippen LogP contribution in [0.4, 0.5) is 16.2 Å². The third-order valence-electron chi connectivity index (χ3n) is 7.87. The molecule has 4 fully saturated rings. The van der Waals surface area contributed by atoms with Crippen molar-refractivity contribution < 1.29 is 46.5 Å². The molecule has 8 heterocycles. The van der Waals surface area contributed by atoms with Crippen molar-refractivity contribution in [3.8, 4) is 0 Å². The van der Waals surface area contributed by atoms with E-state index in [1.54, 1.807) is 0 Å². The van der Waals surface area contributed by atoms with Crippen molar-refractivity contribution in [2.75, 3.05) is 31.3 Å². The van der Waals surface area contributed by atoms with E-state index in [4.69, 9.17) is 67.4 Å². The Bertz CT molecular complexity index is 2040. The number of imidazole rings is 1. The zero-order chi connectivity index (χ0) is 32.2. The number of aromatic nitrogens is 9. The third kappa shape index (κ3) is 4.87. The standard InChI is InChI=1S/C20H22FN11O10P2S2/c21-7-6-1-37-43(34,45)42-12-11-17(31-5-26-8-13(22)24-4-25-14(8)31)40-20(12,2-36-11)3-38-44(35,46)41-10(7)18(39-6)32-15-9(29-30-32)16(33)28-19(23)27-15/h4-7,10-12,17-18H,1-3H2,(H,34,45)(H,35,46)(H2,22,24,25)(H3,23,27,28,33)/t6-,7+,10-,11-,12+,17-,18-,20-,43?,44?/m1/s1. The molecule has 0 aromatic carbocycles. The molecule has 26 heteroatoms. The highest BCUT2D eigenvalue weighted by Crippen LogP contribution is 2.58. The summed E-state index contributed by atoms with van der Waals surface area (Å²) < 4.78 is 59.5. The molecule has 0 radical (unpaired) electrons. The summed E-state index contributed by atoms with van der Waals surface area (Å²) in [6.45, 7) is -9.81. The van der Waals surface area contributed by atoms with Crippen LogP contribution in [-0.2, 0) is 55.9 Å². The minimum absolute atomic E-state index is 0.136. The predicted octanol–water partition coefficient (Wildman–Crippen LogP) is -1.33. The maximum atomic E-state index is 15.9. The van der Waals surface area contributed by atoms with Crippen molar-refractivity contribution in [1.82, 2.24) is 44.5 Å². The zero-order valence-electron chi connectivity index (χ0n) is 22.8. The summed E-state index contributed by atoms with van der Waals surface area (Å²) in [4.78, 5) is 53.4. The van der Waals surface area contributed by atoms with Gasteiger partial charge in [0.05, 0.1) is 26.1 Å². The van der Waals surface area contributed by atoms with E-state index in [-0.39, 0.29) is 29.5 Å². The summed E-state index contributed by atoms with van der Waals surface area (Å²) in [6.07, 6.45) is -7.08. The smallest absolute Gasteiger partial charge is 0.325 e. The average molecular weight is 722 g/mol. The van der Waals surface area contributed by atoms with Gasteiger partial charge in [0.1, 0.15) is 41.9 Å². The first kappa shape index (κ1) is 30.6. The second-order valence-electron chi connectivity index (χ2n) is 10.7. The lowest BCUT2D eigenvalue weighted by molar-refractivity contribution is -0.183. The molecule has 10 atom stereocenters. The molecule has 4 bridgehead atoms. The maximum Gasteiger partial charge on any atom is 0.325 e. The molecule has 46 heavy (non-hydrogen) atoms. The van der Waals surface area contributed by atoms with Gasteiger partial charge in [-0.15, -0.1) is 5.10 Å². The molecule has 246 valence electrons. The molecule has 8 rings (SSSR count). The van der Waals surface area contributed by atoms with Crippen LogP contribution in [0.3, 0.4) is 0 Å². The molecular weight excluding hydrogens is 699 g/mol. The van der Waals surface area contributed by atoms with E-state index in [0.29, 0.717) is 11.2 Å². The van der Waals surface area contributed by atoms with E-state index in [2.05, 4.69) is 35.2 Å². The van der Waals surface area contributed by atoms with Gasteiger partial charge >= 0.3 is 13.4 Å². The molecule has 4 aromatic rings. The van der Waals surface area contributed by atoms with Crippen molar-refractivity contribution in [2.45, 2.75) is 48.6 Å². The number of alkyl halides is 1. The highest BCUT2D eigenvalue weighted by atomic mass is 32.5. The molecule has 4 saturated heterocycles. The summed E-state index contributed by atoms with van der Waals surface area (Å²) >= 11 is 10.6. The molecule has 21 nitrogen and oxygen atoms in total. The number of nitrogens with two attached hydrogens (primary N) is 2. The number of nitrogens with one attached hydrogen (secondary N) is 1. The second-order valence-corrected chi connectivity index (χ2v) is 16.3. The van der Waals surface area contributed by atoms with Gasteiger partial charge < -0.3 is 44.5 Å². The van der Waals surface area contributed by atoms with Crippen LogP contribution in [0.2, 0.25) is 0 Å². The van der Waals surface area contributed by atoms with Crippen LogP contribution in [0, 0.1) is 0 Å². The Balaban J connectivity index is 1.14. The third-order valence-corrected chi connectivity index (χ3v) is 11.0. The van der Waals surface area contributed by atoms with Crippen LogP contribution in [0.5, 0.6) is 0 Å². The maximum absolute atomic E-state index is 15.9. The number of ether oxygens (including phenoxy) is 3. The minimum atomic E-state index is -4.33. The summed E-state index contributed by atoms with van der Waals surface area (Å²) in [6, 6.07) is 0. The lowest BCUT2D eigenvalue weighted by atomic mass is 10.0. The Hall–Kier alpha value is -2.70. The van der Waals surface area contributed by atoms with Crippen LogP contribution >= 0.6 is 13.4 Å². The largest absolute Gasteiger partial charge is 0.382 e. The van der Waals surface area contributed by atoms with E-state index >= 15 is 4.39 Å². The molecule has 0 spiro atoms. The van der Waals surface area contributed by atoms with Gasteiger partial charge in [-0.2, -0.15) is 9.67 Å². The fourth-order valence-corrected chi connectivity index (χ4v) is 8.70. The van der Waals surface area contributed by atoms with Crippen molar-refractivity contribution in [3.05, 3.63) is 23.0 Å². The van der Waals surface area contributed by atoms with Crippen molar-refractivity contribution in [3.63, 3.8) is 0 Å². The molecule has 7 N–H and O–H groups in total. The van der Waals surface area contributed by atoms with Gasteiger partial charge in [-0.25, -0.2) is 19.3 Å². The highest BCUT2D eigenvalue weighted by Gasteiger charge is 2.65. The fourth-order valence-electron chi connectivity index (χ4n) is 5.82. The number of rotatable bonds is 2. The Labute approximate surface area is 264 Å². The summed E-state index contributed by atoms with van der Waals surface area (Å²) in [7, 11) is 0. The number of anilines is 2. The molecular formula is C20H22FN11O10P2S2. The first-order valence-corrected chi connectivity index (χ1v) is 18.5. The fraction of sp³-hybridized carbons (Fsp3) is 0.550. The lowest BCUT2D eigenvalue weighted by Gasteiger charge is -2.33. The normalized spacial score (nSPS) is 39.7. The van der Waals surface area contributed by atoms with Gasteiger partial charge in [0.15, 0.2) is 41.3 Å². The Morgan fingerprint density at radius 2 is 1.85 bits per heavy atom. The summed E-state index contributed by atoms with van der Waals surface area (Å²) in [5, 5.41) is 7.64. The first-order chi connectivity index (χ1) is 21.8.